The summed E-state index contributed by atoms with van der Waals surface area (Å²) in [6, 6.07) is 10.7. The molecule has 4 heterocycles. The monoisotopic (exact) mass is 505 g/mol. The van der Waals surface area contributed by atoms with Gasteiger partial charge in [0.1, 0.15) is 11.3 Å². The normalized spacial score (nSPS) is 17.6. The molecule has 0 atom stereocenters. The number of imide groups is 1. The first-order valence-electron chi connectivity index (χ1n) is 12.4. The van der Waals surface area contributed by atoms with Gasteiger partial charge in [-0.25, -0.2) is 14.2 Å². The Hall–Kier alpha value is -3.79. The fourth-order valence-electron chi connectivity index (χ4n) is 4.76. The van der Waals surface area contributed by atoms with Crippen molar-refractivity contribution in [3.8, 4) is 0 Å². The molecule has 1 saturated heterocycles. The van der Waals surface area contributed by atoms with E-state index in [2.05, 4.69) is 15.4 Å². The van der Waals surface area contributed by atoms with Gasteiger partial charge in [-0.3, -0.25) is 9.59 Å². The predicted molar refractivity (Wildman–Crippen MR) is 137 cm³/mol. The number of nitrogens with one attached hydrogen (secondary N) is 1. The molecule has 0 bridgehead atoms. The minimum absolute atomic E-state index is 0.0247. The Kier molecular flexibility index (Phi) is 6.02. The average Bonchev–Trinajstić information content (AvgIpc) is 3.33. The Labute approximate surface area is 214 Å². The van der Waals surface area contributed by atoms with Gasteiger partial charge < -0.3 is 14.8 Å². The van der Waals surface area contributed by atoms with Crippen LogP contribution in [-0.2, 0) is 19.7 Å². The van der Waals surface area contributed by atoms with Gasteiger partial charge in [-0.1, -0.05) is 12.1 Å². The Morgan fingerprint density at radius 3 is 2.57 bits per heavy atom. The smallest absolute Gasteiger partial charge is 0.421 e. The molecule has 1 aromatic carbocycles. The van der Waals surface area contributed by atoms with Gasteiger partial charge in [-0.05, 0) is 77.3 Å². The van der Waals surface area contributed by atoms with Crippen LogP contribution >= 0.6 is 0 Å². The average molecular weight is 506 g/mol. The SMILES string of the molecule is CC(C)(C)OC(=O)N1C(=O)C(C)(C)c2ccc(Nc3nc4cccc(C(=O)C5CCOCC5)n4n3)cc21. The van der Waals surface area contributed by atoms with E-state index in [9.17, 15) is 14.4 Å². The van der Waals surface area contributed by atoms with Crippen molar-refractivity contribution in [3.05, 3.63) is 47.7 Å². The van der Waals surface area contributed by atoms with E-state index in [1.54, 1.807) is 63.4 Å². The quantitative estimate of drug-likeness (QED) is 0.510. The number of nitrogens with zero attached hydrogens (tertiary/aromatic N) is 4. The Morgan fingerprint density at radius 1 is 1.14 bits per heavy atom. The minimum atomic E-state index is -0.883. The maximum Gasteiger partial charge on any atom is 0.421 e. The minimum Gasteiger partial charge on any atom is -0.443 e. The Morgan fingerprint density at radius 2 is 1.86 bits per heavy atom. The topological polar surface area (TPSA) is 115 Å². The molecule has 2 aliphatic rings. The number of fused-ring (bicyclic) bond motifs is 2. The van der Waals surface area contributed by atoms with Crippen LogP contribution in [0.3, 0.4) is 0 Å². The molecule has 10 nitrogen and oxygen atoms in total. The molecule has 194 valence electrons. The van der Waals surface area contributed by atoms with E-state index in [0.29, 0.717) is 54.7 Å². The van der Waals surface area contributed by atoms with Gasteiger partial charge >= 0.3 is 6.09 Å². The largest absolute Gasteiger partial charge is 0.443 e. The highest BCUT2D eigenvalue weighted by Gasteiger charge is 2.48. The second-order valence-corrected chi connectivity index (χ2v) is 11.0. The summed E-state index contributed by atoms with van der Waals surface area (Å²) in [7, 11) is 0. The van der Waals surface area contributed by atoms with Crippen LogP contribution in [0.5, 0.6) is 0 Å². The van der Waals surface area contributed by atoms with Crippen molar-refractivity contribution in [1.29, 1.82) is 0 Å². The lowest BCUT2D eigenvalue weighted by atomic mass is 9.86. The van der Waals surface area contributed by atoms with Gasteiger partial charge in [0, 0.05) is 24.8 Å². The summed E-state index contributed by atoms with van der Waals surface area (Å²) in [6.45, 7) is 9.99. The Balaban J connectivity index is 1.45. The number of benzene rings is 1. The predicted octanol–water partition coefficient (Wildman–Crippen LogP) is 4.64. The van der Waals surface area contributed by atoms with Crippen LogP contribution in [-0.4, -0.2) is 51.2 Å². The van der Waals surface area contributed by atoms with Crippen LogP contribution in [0.25, 0.3) is 5.65 Å². The molecule has 2 aliphatic heterocycles. The van der Waals surface area contributed by atoms with E-state index in [-0.39, 0.29) is 17.6 Å². The second-order valence-electron chi connectivity index (χ2n) is 11.0. The number of hydrogen-bond donors (Lipinski definition) is 1. The zero-order valence-corrected chi connectivity index (χ0v) is 21.7. The number of Topliss-reactive ketones (excluding diaryl/α,β-unsaturated/α-hetero) is 1. The van der Waals surface area contributed by atoms with E-state index in [0.717, 1.165) is 10.5 Å². The number of hydrogen-bond acceptors (Lipinski definition) is 8. The van der Waals surface area contributed by atoms with Crippen LogP contribution in [0.4, 0.5) is 22.1 Å². The van der Waals surface area contributed by atoms with Crippen LogP contribution in [0.15, 0.2) is 36.4 Å². The molecule has 1 fully saturated rings. The number of carbonyl (C=O) groups excluding carboxylic acids is 3. The van der Waals surface area contributed by atoms with Crippen molar-refractivity contribution in [2.45, 2.75) is 58.5 Å². The van der Waals surface area contributed by atoms with Crippen molar-refractivity contribution in [2.24, 2.45) is 5.92 Å². The fourth-order valence-corrected chi connectivity index (χ4v) is 4.76. The summed E-state index contributed by atoms with van der Waals surface area (Å²) in [5.41, 5.74) is 1.14. The van der Waals surface area contributed by atoms with Crippen molar-refractivity contribution in [1.82, 2.24) is 14.6 Å². The molecule has 2 amide bonds. The summed E-state index contributed by atoms with van der Waals surface area (Å²) in [5.74, 6) is -0.136. The molecule has 2 aromatic heterocycles. The lowest BCUT2D eigenvalue weighted by molar-refractivity contribution is -0.121. The molecule has 0 spiro atoms. The van der Waals surface area contributed by atoms with Crippen LogP contribution in [0.1, 0.15) is 63.5 Å². The first kappa shape index (κ1) is 24.9. The first-order valence-corrected chi connectivity index (χ1v) is 12.4. The highest BCUT2D eigenvalue weighted by molar-refractivity contribution is 6.21. The van der Waals surface area contributed by atoms with Crippen molar-refractivity contribution in [3.63, 3.8) is 0 Å². The van der Waals surface area contributed by atoms with E-state index < -0.39 is 17.1 Å². The highest BCUT2D eigenvalue weighted by Crippen LogP contribution is 2.43. The zero-order chi connectivity index (χ0) is 26.5. The number of carbonyl (C=O) groups is 3. The summed E-state index contributed by atoms with van der Waals surface area (Å²) in [5, 5.41) is 7.69. The van der Waals surface area contributed by atoms with Crippen molar-refractivity contribution < 1.29 is 23.9 Å². The van der Waals surface area contributed by atoms with Crippen molar-refractivity contribution in [2.75, 3.05) is 23.4 Å². The van der Waals surface area contributed by atoms with Gasteiger partial charge in [-0.2, -0.15) is 4.98 Å². The van der Waals surface area contributed by atoms with Gasteiger partial charge in [0.25, 0.3) is 0 Å². The number of anilines is 3. The molecule has 0 radical (unpaired) electrons. The number of rotatable bonds is 4. The molecule has 10 heteroatoms. The lowest BCUT2D eigenvalue weighted by Crippen LogP contribution is -2.43. The number of ether oxygens (including phenoxy) is 2. The third-order valence-corrected chi connectivity index (χ3v) is 6.69. The van der Waals surface area contributed by atoms with Crippen LogP contribution < -0.4 is 10.2 Å². The number of pyridine rings is 1. The van der Waals surface area contributed by atoms with Gasteiger partial charge in [-0.15, -0.1) is 5.10 Å². The molecular formula is C27H31N5O5. The number of aromatic nitrogens is 3. The Bertz CT molecular complexity index is 1400. The molecular weight excluding hydrogens is 474 g/mol. The number of amides is 2. The molecule has 5 rings (SSSR count). The molecule has 37 heavy (non-hydrogen) atoms. The van der Waals surface area contributed by atoms with E-state index in [1.807, 2.05) is 12.1 Å². The van der Waals surface area contributed by atoms with E-state index >= 15 is 0 Å². The second kappa shape index (κ2) is 8.95. The summed E-state index contributed by atoms with van der Waals surface area (Å²) >= 11 is 0. The molecule has 0 unspecified atom stereocenters. The van der Waals surface area contributed by atoms with Crippen LogP contribution in [0.2, 0.25) is 0 Å². The molecule has 1 N–H and O–H groups in total. The van der Waals surface area contributed by atoms with Crippen LogP contribution in [0, 0.1) is 5.92 Å². The third-order valence-electron chi connectivity index (χ3n) is 6.69. The fraction of sp³-hybridized carbons (Fsp3) is 0.444. The standard InChI is InChI=1S/C27H31N5O5/c1-26(2,3)37-25(35)31-20-15-17(9-10-18(20)27(4,5)23(31)34)28-24-29-21-8-6-7-19(32(21)30-24)22(33)16-11-13-36-14-12-16/h6-10,15-16H,11-14H2,1-5H3,(H,28,30). The zero-order valence-electron chi connectivity index (χ0n) is 21.7. The summed E-state index contributed by atoms with van der Waals surface area (Å²) in [4.78, 5) is 44.9. The maximum absolute atomic E-state index is 13.2. The summed E-state index contributed by atoms with van der Waals surface area (Å²) in [6.07, 6.45) is 0.657. The molecule has 0 saturated carbocycles. The molecule has 3 aromatic rings. The van der Waals surface area contributed by atoms with Gasteiger partial charge in [0.05, 0.1) is 11.1 Å². The van der Waals surface area contributed by atoms with Gasteiger partial charge in [0.15, 0.2) is 11.4 Å². The van der Waals surface area contributed by atoms with Gasteiger partial charge in [0.2, 0.25) is 11.9 Å². The van der Waals surface area contributed by atoms with E-state index in [1.165, 1.54) is 0 Å². The third kappa shape index (κ3) is 4.57. The molecule has 0 aliphatic carbocycles. The lowest BCUT2D eigenvalue weighted by Gasteiger charge is -2.24. The first-order chi connectivity index (χ1) is 17.5. The summed E-state index contributed by atoms with van der Waals surface area (Å²) < 4.78 is 12.4. The van der Waals surface area contributed by atoms with E-state index in [4.69, 9.17) is 9.47 Å². The van der Waals surface area contributed by atoms with Crippen molar-refractivity contribution >= 4 is 40.8 Å². The maximum atomic E-state index is 13.2. The highest BCUT2D eigenvalue weighted by atomic mass is 16.6. The number of ketones is 1.